The molecule has 7 heteroatoms. The lowest BCUT2D eigenvalue weighted by molar-refractivity contribution is -0.109. The Kier molecular flexibility index (Phi) is 14.9. The minimum Gasteiger partial charge on any atom is -0.497 e. The summed E-state index contributed by atoms with van der Waals surface area (Å²) < 4.78 is 6.29. The second-order valence-electron chi connectivity index (χ2n) is 9.97. The third-order valence-electron chi connectivity index (χ3n) is 6.91. The summed E-state index contributed by atoms with van der Waals surface area (Å²) in [4.78, 5) is 17.3. The highest BCUT2D eigenvalue weighted by Crippen LogP contribution is 2.26. The highest BCUT2D eigenvalue weighted by Gasteiger charge is 2.17. The Morgan fingerprint density at radius 3 is 1.90 bits per heavy atom. The molecule has 4 rings (SSSR count). The first-order valence-corrected chi connectivity index (χ1v) is 15.2. The molecule has 0 atom stereocenters. The van der Waals surface area contributed by atoms with Crippen LogP contribution in [0.3, 0.4) is 0 Å². The van der Waals surface area contributed by atoms with Gasteiger partial charge in [-0.05, 0) is 90.3 Å². The second-order valence-corrected chi connectivity index (χ2v) is 10.9. The van der Waals surface area contributed by atoms with Gasteiger partial charge >= 0.3 is 0 Å². The fraction of sp³-hybridized carbons (Fsp3) is 0.382. The van der Waals surface area contributed by atoms with Crippen molar-refractivity contribution in [2.24, 2.45) is 0 Å². The number of halogens is 1. The fourth-order valence-corrected chi connectivity index (χ4v) is 4.62. The van der Waals surface area contributed by atoms with Crippen molar-refractivity contribution < 1.29 is 9.53 Å². The first-order valence-electron chi connectivity index (χ1n) is 14.4. The van der Waals surface area contributed by atoms with Crippen LogP contribution in [0.2, 0.25) is 0 Å². The van der Waals surface area contributed by atoms with Crippen molar-refractivity contribution in [3.05, 3.63) is 100 Å². The maximum Gasteiger partial charge on any atom is 0.207 e. The van der Waals surface area contributed by atoms with E-state index in [1.54, 1.807) is 7.11 Å². The van der Waals surface area contributed by atoms with Gasteiger partial charge in [-0.2, -0.15) is 0 Å². The normalized spacial score (nSPS) is 15.0. The Balaban J connectivity index is 0.000000294. The van der Waals surface area contributed by atoms with Crippen LogP contribution in [0.15, 0.2) is 94.9 Å². The van der Waals surface area contributed by atoms with Crippen LogP contribution in [0.25, 0.3) is 0 Å². The standard InChI is InChI=1S/C19H23N3O2.C12H16BrN.C3H8/c1-24-19-8-6-18(7-9-19)22-12-10-21(11-13-22)17-4-2-16(3-5-17)14-20-15-23;1-5-9(2)11(4)14-8-12(13)7-6-10(14)3;1-3-2/h2-9,15H,10-14H2,1H3,(H,20,23);6-8H,3,5H2,1-2,4H3;3H2,1-2H3/b;11-9+;. The lowest BCUT2D eigenvalue weighted by Crippen LogP contribution is -2.46. The zero-order valence-electron chi connectivity index (χ0n) is 25.6. The van der Waals surface area contributed by atoms with Crippen molar-refractivity contribution in [1.82, 2.24) is 10.2 Å². The highest BCUT2D eigenvalue weighted by molar-refractivity contribution is 9.11. The van der Waals surface area contributed by atoms with E-state index in [2.05, 4.69) is 120 Å². The Hall–Kier alpha value is -3.45. The maximum absolute atomic E-state index is 10.3. The molecule has 1 saturated heterocycles. The van der Waals surface area contributed by atoms with Crippen molar-refractivity contribution in [2.75, 3.05) is 43.1 Å². The predicted molar refractivity (Wildman–Crippen MR) is 179 cm³/mol. The summed E-state index contributed by atoms with van der Waals surface area (Å²) in [6, 6.07) is 16.6. The molecule has 2 heterocycles. The van der Waals surface area contributed by atoms with E-state index >= 15 is 0 Å². The number of nitrogens with one attached hydrogen (secondary N) is 1. The summed E-state index contributed by atoms with van der Waals surface area (Å²) in [6.07, 6.45) is 9.12. The molecule has 0 unspecified atom stereocenters. The number of benzene rings is 2. The molecule has 0 bridgehead atoms. The molecule has 1 fully saturated rings. The van der Waals surface area contributed by atoms with Gasteiger partial charge in [-0.1, -0.05) is 51.5 Å². The first kappa shape index (κ1) is 33.8. The number of piperazine rings is 1. The number of hydrogen-bond donors (Lipinski definition) is 1. The van der Waals surface area contributed by atoms with Crippen LogP contribution in [-0.2, 0) is 11.3 Å². The quantitative estimate of drug-likeness (QED) is 0.302. The molecule has 2 aliphatic rings. The van der Waals surface area contributed by atoms with Gasteiger partial charge < -0.3 is 24.8 Å². The van der Waals surface area contributed by atoms with E-state index in [4.69, 9.17) is 4.74 Å². The fourth-order valence-electron chi connectivity index (χ4n) is 4.28. The summed E-state index contributed by atoms with van der Waals surface area (Å²) in [5.74, 6) is 0.890. The minimum atomic E-state index is 0.578. The van der Waals surface area contributed by atoms with E-state index < -0.39 is 0 Å². The molecule has 0 aromatic heterocycles. The number of nitrogens with zero attached hydrogens (tertiary/aromatic N) is 3. The summed E-state index contributed by atoms with van der Waals surface area (Å²) >= 11 is 3.46. The number of ether oxygens (including phenoxy) is 1. The number of amides is 1. The molecule has 2 aliphatic heterocycles. The van der Waals surface area contributed by atoms with Gasteiger partial charge in [0.25, 0.3) is 0 Å². The van der Waals surface area contributed by atoms with Crippen molar-refractivity contribution in [1.29, 1.82) is 0 Å². The summed E-state index contributed by atoms with van der Waals surface area (Å²) in [5.41, 5.74) is 7.25. The number of carbonyl (C=O) groups excluding carboxylic acids is 1. The molecule has 0 spiro atoms. The molecule has 0 aliphatic carbocycles. The first-order chi connectivity index (χ1) is 19.8. The van der Waals surface area contributed by atoms with Crippen LogP contribution in [0.1, 0.15) is 53.0 Å². The molecule has 2 aromatic carbocycles. The topological polar surface area (TPSA) is 48.1 Å². The minimum absolute atomic E-state index is 0.578. The van der Waals surface area contributed by atoms with Crippen molar-refractivity contribution in [3.63, 3.8) is 0 Å². The van der Waals surface area contributed by atoms with Crippen LogP contribution in [0, 0.1) is 0 Å². The lowest BCUT2D eigenvalue weighted by atomic mass is 10.1. The van der Waals surface area contributed by atoms with E-state index in [1.165, 1.54) is 29.1 Å². The highest BCUT2D eigenvalue weighted by atomic mass is 79.9. The van der Waals surface area contributed by atoms with E-state index in [1.807, 2.05) is 24.3 Å². The second kappa shape index (κ2) is 18.1. The summed E-state index contributed by atoms with van der Waals surface area (Å²) in [7, 11) is 1.69. The van der Waals surface area contributed by atoms with E-state index in [0.29, 0.717) is 6.54 Å². The molecule has 1 N–H and O–H groups in total. The molecule has 0 saturated carbocycles. The largest absolute Gasteiger partial charge is 0.497 e. The zero-order valence-corrected chi connectivity index (χ0v) is 27.2. The third-order valence-corrected chi connectivity index (χ3v) is 7.38. The van der Waals surface area contributed by atoms with Gasteiger partial charge in [0.05, 0.1) is 7.11 Å². The number of anilines is 2. The Bertz CT molecular complexity index is 1180. The molecule has 6 nitrogen and oxygen atoms in total. The molecule has 222 valence electrons. The van der Waals surface area contributed by atoms with Crippen molar-refractivity contribution in [2.45, 2.75) is 54.0 Å². The Morgan fingerprint density at radius 2 is 1.44 bits per heavy atom. The van der Waals surface area contributed by atoms with Crippen LogP contribution in [0.5, 0.6) is 5.75 Å². The van der Waals surface area contributed by atoms with E-state index in [0.717, 1.165) is 60.5 Å². The van der Waals surface area contributed by atoms with Crippen LogP contribution in [0.4, 0.5) is 11.4 Å². The molecule has 2 aromatic rings. The summed E-state index contributed by atoms with van der Waals surface area (Å²) in [6.45, 7) is 19.3. The van der Waals surface area contributed by atoms with Crippen molar-refractivity contribution >= 4 is 33.7 Å². The Labute approximate surface area is 256 Å². The lowest BCUT2D eigenvalue weighted by Gasteiger charge is -2.37. The number of allylic oxidation sites excluding steroid dienone is 5. The molecular formula is C34H47BrN4O2. The average molecular weight is 624 g/mol. The molecule has 41 heavy (non-hydrogen) atoms. The van der Waals surface area contributed by atoms with Gasteiger partial charge in [-0.25, -0.2) is 0 Å². The number of carbonyl (C=O) groups is 1. The maximum atomic E-state index is 10.3. The molecule has 0 radical (unpaired) electrons. The smallest absolute Gasteiger partial charge is 0.207 e. The number of hydrogen-bond acceptors (Lipinski definition) is 5. The zero-order chi connectivity index (χ0) is 30.2. The third kappa shape index (κ3) is 10.8. The Morgan fingerprint density at radius 1 is 0.927 bits per heavy atom. The summed E-state index contributed by atoms with van der Waals surface area (Å²) in [5, 5.41) is 2.69. The van der Waals surface area contributed by atoms with Gasteiger partial charge in [0.2, 0.25) is 6.41 Å². The van der Waals surface area contributed by atoms with Gasteiger partial charge in [0.15, 0.2) is 0 Å². The van der Waals surface area contributed by atoms with E-state index in [-0.39, 0.29) is 0 Å². The molecular weight excluding hydrogens is 576 g/mol. The number of methoxy groups -OCH3 is 1. The van der Waals surface area contributed by atoms with Crippen molar-refractivity contribution in [3.8, 4) is 5.75 Å². The van der Waals surface area contributed by atoms with Gasteiger partial charge in [0, 0.05) is 66.2 Å². The van der Waals surface area contributed by atoms with E-state index in [9.17, 15) is 4.79 Å². The van der Waals surface area contributed by atoms with Gasteiger partial charge in [0.1, 0.15) is 5.75 Å². The molecule has 1 amide bonds. The van der Waals surface area contributed by atoms with Crippen LogP contribution < -0.4 is 19.9 Å². The SMILES string of the molecule is C=C1C=CC(Br)=CN1/C(C)=C(\C)CC.CCC.COc1ccc(N2CCN(c3ccc(CNC=O)cc3)CC2)cc1. The predicted octanol–water partition coefficient (Wildman–Crippen LogP) is 8.00. The van der Waals surface area contributed by atoms with Crippen LogP contribution in [-0.4, -0.2) is 44.6 Å². The average Bonchev–Trinajstić information content (AvgIpc) is 3.01. The van der Waals surface area contributed by atoms with Crippen LogP contribution >= 0.6 is 15.9 Å². The van der Waals surface area contributed by atoms with Gasteiger partial charge in [-0.15, -0.1) is 0 Å². The van der Waals surface area contributed by atoms with Gasteiger partial charge in [-0.3, -0.25) is 4.79 Å². The number of rotatable bonds is 8. The monoisotopic (exact) mass is 622 g/mol.